The molecule has 3 heterocycles. The maximum absolute atomic E-state index is 5.15. The first-order chi connectivity index (χ1) is 15.6. The van der Waals surface area contributed by atoms with Crippen molar-refractivity contribution in [3.05, 3.63) is 47.0 Å². The Morgan fingerprint density at radius 3 is 2.62 bits per heavy atom. The van der Waals surface area contributed by atoms with Crippen molar-refractivity contribution < 1.29 is 4.74 Å². The van der Waals surface area contributed by atoms with Gasteiger partial charge in [-0.3, -0.25) is 9.89 Å². The number of rotatable bonds is 7. The van der Waals surface area contributed by atoms with Crippen LogP contribution >= 0.6 is 0 Å². The van der Waals surface area contributed by atoms with Crippen LogP contribution < -0.4 is 10.6 Å². The van der Waals surface area contributed by atoms with Crippen LogP contribution in [0.2, 0.25) is 0 Å². The Morgan fingerprint density at radius 2 is 1.91 bits per heavy atom. The molecule has 1 saturated heterocycles. The highest BCUT2D eigenvalue weighted by Crippen LogP contribution is 2.14. The lowest BCUT2D eigenvalue weighted by Gasteiger charge is -2.32. The van der Waals surface area contributed by atoms with E-state index in [1.54, 1.807) is 7.11 Å². The number of piperazine rings is 1. The molecule has 0 radical (unpaired) electrons. The van der Waals surface area contributed by atoms with Gasteiger partial charge in [0.1, 0.15) is 12.4 Å². The summed E-state index contributed by atoms with van der Waals surface area (Å²) in [6.45, 7) is 7.61. The minimum absolute atomic E-state index is 0.275. The summed E-state index contributed by atoms with van der Waals surface area (Å²) in [6, 6.07) is 9.20. The zero-order valence-electron chi connectivity index (χ0n) is 19.5. The number of benzene rings is 1. The van der Waals surface area contributed by atoms with Gasteiger partial charge >= 0.3 is 0 Å². The third-order valence-electron chi connectivity index (χ3n) is 6.22. The molecule has 0 amide bonds. The van der Waals surface area contributed by atoms with Crippen LogP contribution in [0.3, 0.4) is 0 Å². The number of hydrogen-bond donors (Lipinski definition) is 2. The van der Waals surface area contributed by atoms with Crippen molar-refractivity contribution in [3.8, 4) is 0 Å². The van der Waals surface area contributed by atoms with E-state index in [0.29, 0.717) is 6.61 Å². The number of guanidine groups is 1. The molecule has 4 rings (SSSR count). The highest BCUT2D eigenvalue weighted by molar-refractivity contribution is 5.79. The van der Waals surface area contributed by atoms with Crippen molar-refractivity contribution in [2.75, 3.05) is 47.4 Å². The molecule has 0 aliphatic carbocycles. The Labute approximate surface area is 190 Å². The molecule has 32 heavy (non-hydrogen) atoms. The van der Waals surface area contributed by atoms with Gasteiger partial charge in [-0.2, -0.15) is 5.10 Å². The second kappa shape index (κ2) is 10.9. The number of ether oxygens (including phenoxy) is 1. The van der Waals surface area contributed by atoms with Crippen LogP contribution in [0.15, 0.2) is 29.3 Å². The van der Waals surface area contributed by atoms with E-state index in [1.807, 2.05) is 11.7 Å². The molecule has 2 N–H and O–H groups in total. The molecule has 2 aliphatic heterocycles. The molecule has 9 nitrogen and oxygen atoms in total. The molecule has 174 valence electrons. The van der Waals surface area contributed by atoms with Gasteiger partial charge in [-0.05, 0) is 24.6 Å². The quantitative estimate of drug-likeness (QED) is 0.488. The van der Waals surface area contributed by atoms with E-state index in [4.69, 9.17) is 4.74 Å². The lowest BCUT2D eigenvalue weighted by Crippen LogP contribution is -2.46. The summed E-state index contributed by atoms with van der Waals surface area (Å²) < 4.78 is 7.14. The number of nitrogens with zero attached hydrogens (tertiary/aromatic N) is 6. The van der Waals surface area contributed by atoms with Crippen molar-refractivity contribution in [2.24, 2.45) is 4.99 Å². The SMILES string of the molecule is CN=C(NCc1ccc(CN2CCN(C)CC2)cc1)NC1CCc2nc(COC)nn2C1. The normalized spacial score (nSPS) is 20.2. The van der Waals surface area contributed by atoms with Gasteiger partial charge in [-0.25, -0.2) is 9.67 Å². The smallest absolute Gasteiger partial charge is 0.191 e. The van der Waals surface area contributed by atoms with Crippen LogP contribution in [-0.2, 0) is 37.4 Å². The third-order valence-corrected chi connectivity index (χ3v) is 6.22. The van der Waals surface area contributed by atoms with Gasteiger partial charge in [-0.1, -0.05) is 24.3 Å². The number of nitrogens with one attached hydrogen (secondary N) is 2. The van der Waals surface area contributed by atoms with Crippen molar-refractivity contribution in [1.29, 1.82) is 0 Å². The highest BCUT2D eigenvalue weighted by atomic mass is 16.5. The summed E-state index contributed by atoms with van der Waals surface area (Å²) in [5, 5.41) is 11.5. The maximum Gasteiger partial charge on any atom is 0.191 e. The summed E-state index contributed by atoms with van der Waals surface area (Å²) >= 11 is 0. The van der Waals surface area contributed by atoms with Crippen LogP contribution in [0.5, 0.6) is 0 Å². The van der Waals surface area contributed by atoms with Gasteiger partial charge in [0.15, 0.2) is 11.8 Å². The molecule has 0 bridgehead atoms. The van der Waals surface area contributed by atoms with Crippen molar-refractivity contribution >= 4 is 5.96 Å². The molecule has 0 spiro atoms. The molecule has 1 unspecified atom stereocenters. The Hall–Kier alpha value is -2.49. The number of methoxy groups -OCH3 is 1. The van der Waals surface area contributed by atoms with Crippen molar-refractivity contribution in [2.45, 2.75) is 45.1 Å². The molecule has 2 aromatic rings. The fraction of sp³-hybridized carbons (Fsp3) is 0.609. The van der Waals surface area contributed by atoms with Crippen molar-refractivity contribution in [3.63, 3.8) is 0 Å². The van der Waals surface area contributed by atoms with Gasteiger partial charge < -0.3 is 20.3 Å². The summed E-state index contributed by atoms with van der Waals surface area (Å²) in [7, 11) is 5.68. The Morgan fingerprint density at radius 1 is 1.16 bits per heavy atom. The first-order valence-corrected chi connectivity index (χ1v) is 11.5. The number of aryl methyl sites for hydroxylation is 1. The lowest BCUT2D eigenvalue weighted by atomic mass is 10.1. The van der Waals surface area contributed by atoms with E-state index in [0.717, 1.165) is 76.3 Å². The van der Waals surface area contributed by atoms with Crippen LogP contribution in [-0.4, -0.2) is 83.9 Å². The van der Waals surface area contributed by atoms with E-state index in [-0.39, 0.29) is 6.04 Å². The van der Waals surface area contributed by atoms with Gasteiger partial charge in [0, 0.05) is 65.9 Å². The second-order valence-electron chi connectivity index (χ2n) is 8.76. The molecule has 0 saturated carbocycles. The molecule has 1 aromatic carbocycles. The first-order valence-electron chi connectivity index (χ1n) is 11.5. The molecular weight excluding hydrogens is 404 g/mol. The van der Waals surface area contributed by atoms with Crippen LogP contribution in [0.4, 0.5) is 0 Å². The number of aromatic nitrogens is 3. The van der Waals surface area contributed by atoms with Gasteiger partial charge in [0.05, 0.1) is 6.54 Å². The molecular formula is C23H36N8O. The fourth-order valence-electron chi connectivity index (χ4n) is 4.27. The number of hydrogen-bond acceptors (Lipinski definition) is 6. The highest BCUT2D eigenvalue weighted by Gasteiger charge is 2.22. The molecule has 1 fully saturated rings. The Balaban J connectivity index is 1.24. The van der Waals surface area contributed by atoms with E-state index in [9.17, 15) is 0 Å². The standard InChI is InChI=1S/C23H36N8O/c1-24-23(26-20-8-9-22-27-21(17-32-3)28-31(22)16-20)25-14-18-4-6-19(7-5-18)15-30-12-10-29(2)11-13-30/h4-7,20H,8-17H2,1-3H3,(H2,24,25,26). The van der Waals surface area contributed by atoms with E-state index >= 15 is 0 Å². The Bertz CT molecular complexity index is 886. The van der Waals surface area contributed by atoms with Gasteiger partial charge in [0.25, 0.3) is 0 Å². The Kier molecular flexibility index (Phi) is 7.72. The second-order valence-corrected chi connectivity index (χ2v) is 8.76. The summed E-state index contributed by atoms with van der Waals surface area (Å²) in [6.07, 6.45) is 1.91. The zero-order chi connectivity index (χ0) is 22.3. The topological polar surface area (TPSA) is 82.8 Å². The molecule has 1 atom stereocenters. The summed E-state index contributed by atoms with van der Waals surface area (Å²) in [5.41, 5.74) is 2.63. The monoisotopic (exact) mass is 440 g/mol. The number of likely N-dealkylation sites (N-methyl/N-ethyl adjacent to an activating group) is 1. The minimum atomic E-state index is 0.275. The van der Waals surface area contributed by atoms with Crippen LogP contribution in [0, 0.1) is 0 Å². The fourth-order valence-corrected chi connectivity index (χ4v) is 4.27. The molecule has 9 heteroatoms. The number of aliphatic imine (C=N–C) groups is 1. The number of fused-ring (bicyclic) bond motifs is 1. The van der Waals surface area contributed by atoms with Crippen LogP contribution in [0.1, 0.15) is 29.2 Å². The molecule has 1 aromatic heterocycles. The average molecular weight is 441 g/mol. The van der Waals surface area contributed by atoms with E-state index in [1.165, 1.54) is 11.1 Å². The van der Waals surface area contributed by atoms with E-state index < -0.39 is 0 Å². The predicted molar refractivity (Wildman–Crippen MR) is 125 cm³/mol. The first kappa shape index (κ1) is 22.7. The molecule has 2 aliphatic rings. The third kappa shape index (κ3) is 6.05. The lowest BCUT2D eigenvalue weighted by molar-refractivity contribution is 0.148. The van der Waals surface area contributed by atoms with Crippen LogP contribution in [0.25, 0.3) is 0 Å². The van der Waals surface area contributed by atoms with Gasteiger partial charge in [-0.15, -0.1) is 0 Å². The predicted octanol–water partition coefficient (Wildman–Crippen LogP) is 0.852. The summed E-state index contributed by atoms with van der Waals surface area (Å²) in [5.74, 6) is 2.61. The average Bonchev–Trinajstić information content (AvgIpc) is 3.21. The van der Waals surface area contributed by atoms with Gasteiger partial charge in [0.2, 0.25) is 0 Å². The minimum Gasteiger partial charge on any atom is -0.377 e. The van der Waals surface area contributed by atoms with E-state index in [2.05, 4.69) is 66.8 Å². The zero-order valence-corrected chi connectivity index (χ0v) is 19.5. The summed E-state index contributed by atoms with van der Waals surface area (Å²) in [4.78, 5) is 13.9. The van der Waals surface area contributed by atoms with Crippen molar-refractivity contribution in [1.82, 2.24) is 35.2 Å². The largest absolute Gasteiger partial charge is 0.377 e. The maximum atomic E-state index is 5.15.